The fourth-order valence-corrected chi connectivity index (χ4v) is 2.99. The highest BCUT2D eigenvalue weighted by molar-refractivity contribution is 7.89. The molecule has 1 rings (SSSR count). The highest BCUT2D eigenvalue weighted by Gasteiger charge is 2.21. The maximum atomic E-state index is 12.1. The van der Waals surface area contributed by atoms with Gasteiger partial charge in [0.15, 0.2) is 0 Å². The Morgan fingerprint density at radius 3 is 2.80 bits per heavy atom. The van der Waals surface area contributed by atoms with Crippen molar-refractivity contribution in [1.82, 2.24) is 10.0 Å². The van der Waals surface area contributed by atoms with E-state index in [4.69, 9.17) is 9.52 Å². The Bertz CT molecular complexity index is 484. The van der Waals surface area contributed by atoms with E-state index in [1.165, 1.54) is 6.07 Å². The third-order valence-electron chi connectivity index (χ3n) is 2.78. The van der Waals surface area contributed by atoms with Crippen molar-refractivity contribution in [3.63, 3.8) is 0 Å². The molecule has 0 aromatic carbocycles. The van der Waals surface area contributed by atoms with Crippen LogP contribution in [0, 0.1) is 0 Å². The summed E-state index contributed by atoms with van der Waals surface area (Å²) in [6.07, 6.45) is 2.16. The molecule has 0 saturated heterocycles. The van der Waals surface area contributed by atoms with Gasteiger partial charge in [0, 0.05) is 12.6 Å². The zero-order valence-electron chi connectivity index (χ0n) is 12.1. The predicted octanol–water partition coefficient (Wildman–Crippen LogP) is 1.22. The molecule has 6 nitrogen and oxygen atoms in total. The van der Waals surface area contributed by atoms with Crippen molar-refractivity contribution in [1.29, 1.82) is 0 Å². The molecule has 1 aromatic heterocycles. The van der Waals surface area contributed by atoms with Gasteiger partial charge in [-0.25, -0.2) is 13.1 Å². The fraction of sp³-hybridized carbons (Fsp3) is 0.692. The standard InChI is InChI=1S/C13H24N2O4S/c1-3-8-14-10-12-6-7-13(19-12)20(17,18)15-11(2)5-4-9-16/h6-7,11,14-16H,3-5,8-10H2,1-2H3. The lowest BCUT2D eigenvalue weighted by Crippen LogP contribution is -2.32. The largest absolute Gasteiger partial charge is 0.447 e. The summed E-state index contributed by atoms with van der Waals surface area (Å²) in [5.41, 5.74) is 0. The minimum Gasteiger partial charge on any atom is -0.447 e. The van der Waals surface area contributed by atoms with E-state index in [9.17, 15) is 8.42 Å². The van der Waals surface area contributed by atoms with Crippen LogP contribution in [0.25, 0.3) is 0 Å². The van der Waals surface area contributed by atoms with E-state index in [0.717, 1.165) is 13.0 Å². The molecule has 1 atom stereocenters. The van der Waals surface area contributed by atoms with Crippen LogP contribution in [-0.2, 0) is 16.6 Å². The Morgan fingerprint density at radius 1 is 1.40 bits per heavy atom. The topological polar surface area (TPSA) is 91.6 Å². The van der Waals surface area contributed by atoms with Crippen LogP contribution in [0.15, 0.2) is 21.6 Å². The number of nitrogens with one attached hydrogen (secondary N) is 2. The minimum atomic E-state index is -3.63. The maximum Gasteiger partial charge on any atom is 0.274 e. The maximum absolute atomic E-state index is 12.1. The second kappa shape index (κ2) is 8.41. The summed E-state index contributed by atoms with van der Waals surface area (Å²) in [6.45, 7) is 5.26. The average molecular weight is 304 g/mol. The van der Waals surface area contributed by atoms with Gasteiger partial charge in [0.2, 0.25) is 5.09 Å². The molecular formula is C13H24N2O4S. The van der Waals surface area contributed by atoms with E-state index in [2.05, 4.69) is 17.0 Å². The molecule has 0 aliphatic rings. The molecule has 7 heteroatoms. The molecule has 0 fully saturated rings. The van der Waals surface area contributed by atoms with Crippen molar-refractivity contribution >= 4 is 10.0 Å². The Labute approximate surface area is 120 Å². The van der Waals surface area contributed by atoms with Crippen LogP contribution in [0.1, 0.15) is 38.9 Å². The summed E-state index contributed by atoms with van der Waals surface area (Å²) in [5.74, 6) is 0.599. The van der Waals surface area contributed by atoms with E-state index < -0.39 is 10.0 Å². The first-order valence-electron chi connectivity index (χ1n) is 6.92. The van der Waals surface area contributed by atoms with Gasteiger partial charge < -0.3 is 14.8 Å². The molecule has 0 saturated carbocycles. The second-order valence-corrected chi connectivity index (χ2v) is 6.43. The van der Waals surface area contributed by atoms with Crippen molar-refractivity contribution in [3.8, 4) is 0 Å². The quantitative estimate of drug-likeness (QED) is 0.565. The van der Waals surface area contributed by atoms with Crippen molar-refractivity contribution in [2.45, 2.75) is 50.8 Å². The zero-order valence-corrected chi connectivity index (χ0v) is 12.9. The first-order chi connectivity index (χ1) is 9.49. The van der Waals surface area contributed by atoms with Gasteiger partial charge in [-0.3, -0.25) is 0 Å². The first kappa shape index (κ1) is 17.2. The number of sulfonamides is 1. The van der Waals surface area contributed by atoms with Gasteiger partial charge in [0.1, 0.15) is 5.76 Å². The molecule has 20 heavy (non-hydrogen) atoms. The number of aliphatic hydroxyl groups excluding tert-OH is 1. The normalized spacial score (nSPS) is 13.6. The van der Waals surface area contributed by atoms with Gasteiger partial charge in [0.25, 0.3) is 10.0 Å². The Morgan fingerprint density at radius 2 is 2.15 bits per heavy atom. The van der Waals surface area contributed by atoms with Gasteiger partial charge in [-0.2, -0.15) is 0 Å². The zero-order chi connectivity index (χ0) is 15.0. The van der Waals surface area contributed by atoms with Crippen LogP contribution in [-0.4, -0.2) is 32.7 Å². The summed E-state index contributed by atoms with van der Waals surface area (Å²) in [7, 11) is -3.63. The summed E-state index contributed by atoms with van der Waals surface area (Å²) < 4.78 is 32.0. The lowest BCUT2D eigenvalue weighted by atomic mass is 10.2. The molecular weight excluding hydrogens is 280 g/mol. The van der Waals surface area contributed by atoms with Crippen molar-refractivity contribution < 1.29 is 17.9 Å². The molecule has 0 aliphatic carbocycles. The summed E-state index contributed by atoms with van der Waals surface area (Å²) >= 11 is 0. The van der Waals surface area contributed by atoms with Gasteiger partial charge >= 0.3 is 0 Å². The number of furan rings is 1. The monoisotopic (exact) mass is 304 g/mol. The molecule has 0 radical (unpaired) electrons. The Hall–Kier alpha value is -0.890. The Balaban J connectivity index is 2.59. The lowest BCUT2D eigenvalue weighted by molar-refractivity contribution is 0.279. The average Bonchev–Trinajstić information content (AvgIpc) is 2.86. The van der Waals surface area contributed by atoms with E-state index >= 15 is 0 Å². The van der Waals surface area contributed by atoms with Gasteiger partial charge in [0.05, 0.1) is 6.54 Å². The molecule has 1 aromatic rings. The van der Waals surface area contributed by atoms with Crippen LogP contribution in [0.5, 0.6) is 0 Å². The summed E-state index contributed by atoms with van der Waals surface area (Å²) in [6, 6.07) is 2.89. The SMILES string of the molecule is CCCNCc1ccc(S(=O)(=O)NC(C)CCCO)o1. The highest BCUT2D eigenvalue weighted by Crippen LogP contribution is 2.14. The number of rotatable bonds is 10. The summed E-state index contributed by atoms with van der Waals surface area (Å²) in [4.78, 5) is 0. The van der Waals surface area contributed by atoms with Gasteiger partial charge in [-0.1, -0.05) is 6.92 Å². The van der Waals surface area contributed by atoms with Gasteiger partial charge in [-0.15, -0.1) is 0 Å². The van der Waals surface area contributed by atoms with Crippen molar-refractivity contribution in [2.24, 2.45) is 0 Å². The molecule has 0 bridgehead atoms. The number of hydrogen-bond donors (Lipinski definition) is 3. The minimum absolute atomic E-state index is 0.0556. The second-order valence-electron chi connectivity index (χ2n) is 4.79. The first-order valence-corrected chi connectivity index (χ1v) is 8.40. The molecule has 1 unspecified atom stereocenters. The molecule has 0 spiro atoms. The van der Waals surface area contributed by atoms with Gasteiger partial charge in [-0.05, 0) is 44.9 Å². The third-order valence-corrected chi connectivity index (χ3v) is 4.24. The van der Waals surface area contributed by atoms with Crippen LogP contribution in [0.3, 0.4) is 0 Å². The van der Waals surface area contributed by atoms with Crippen LogP contribution < -0.4 is 10.0 Å². The molecule has 0 aliphatic heterocycles. The van der Waals surface area contributed by atoms with E-state index in [-0.39, 0.29) is 17.7 Å². The van der Waals surface area contributed by atoms with Crippen molar-refractivity contribution in [3.05, 3.63) is 17.9 Å². The molecule has 0 amide bonds. The van der Waals surface area contributed by atoms with E-state index in [0.29, 0.717) is 25.1 Å². The lowest BCUT2D eigenvalue weighted by Gasteiger charge is -2.11. The summed E-state index contributed by atoms with van der Waals surface area (Å²) in [5, 5.41) is 11.8. The van der Waals surface area contributed by atoms with Crippen molar-refractivity contribution in [2.75, 3.05) is 13.2 Å². The Kier molecular flexibility index (Phi) is 7.22. The number of aliphatic hydroxyl groups is 1. The van der Waals surface area contributed by atoms with Crippen LogP contribution >= 0.6 is 0 Å². The molecule has 1 heterocycles. The highest BCUT2D eigenvalue weighted by atomic mass is 32.2. The molecule has 116 valence electrons. The smallest absolute Gasteiger partial charge is 0.274 e. The van der Waals surface area contributed by atoms with Crippen LogP contribution in [0.2, 0.25) is 0 Å². The fourth-order valence-electron chi connectivity index (χ4n) is 1.77. The third kappa shape index (κ3) is 5.62. The molecule has 3 N–H and O–H groups in total. The predicted molar refractivity (Wildman–Crippen MR) is 76.8 cm³/mol. The van der Waals surface area contributed by atoms with E-state index in [1.807, 2.05) is 0 Å². The number of hydrogen-bond acceptors (Lipinski definition) is 5. The van der Waals surface area contributed by atoms with Crippen LogP contribution in [0.4, 0.5) is 0 Å². The van der Waals surface area contributed by atoms with E-state index in [1.54, 1.807) is 13.0 Å².